The van der Waals surface area contributed by atoms with Crippen LogP contribution >= 0.6 is 11.6 Å². The SMILES string of the molecule is CC(=O)c1ccc(N(CCC(=O)Nc2ccccc2Cl)C(C)=O)cc1. The predicted octanol–water partition coefficient (Wildman–Crippen LogP) is 3.92. The lowest BCUT2D eigenvalue weighted by molar-refractivity contribution is -0.117. The molecule has 0 aromatic heterocycles. The Balaban J connectivity index is 2.02. The van der Waals surface area contributed by atoms with Crippen molar-refractivity contribution in [2.75, 3.05) is 16.8 Å². The maximum absolute atomic E-state index is 12.1. The number of hydrogen-bond donors (Lipinski definition) is 1. The van der Waals surface area contributed by atoms with Gasteiger partial charge in [0, 0.05) is 31.1 Å². The summed E-state index contributed by atoms with van der Waals surface area (Å²) in [6.07, 6.45) is 0.124. The highest BCUT2D eigenvalue weighted by molar-refractivity contribution is 6.33. The van der Waals surface area contributed by atoms with E-state index in [9.17, 15) is 14.4 Å². The molecule has 0 heterocycles. The molecule has 0 spiro atoms. The van der Waals surface area contributed by atoms with Gasteiger partial charge in [-0.15, -0.1) is 0 Å². The molecule has 0 unspecified atom stereocenters. The molecular formula is C19H19ClN2O3. The lowest BCUT2D eigenvalue weighted by atomic mass is 10.1. The van der Waals surface area contributed by atoms with Crippen molar-refractivity contribution in [1.29, 1.82) is 0 Å². The van der Waals surface area contributed by atoms with Crippen molar-refractivity contribution in [3.05, 3.63) is 59.1 Å². The first-order chi connectivity index (χ1) is 11.9. The molecule has 6 heteroatoms. The molecule has 0 saturated carbocycles. The maximum atomic E-state index is 12.1. The molecule has 0 aliphatic heterocycles. The lowest BCUT2D eigenvalue weighted by Gasteiger charge is -2.21. The lowest BCUT2D eigenvalue weighted by Crippen LogP contribution is -2.32. The second-order valence-electron chi connectivity index (χ2n) is 5.55. The van der Waals surface area contributed by atoms with Crippen LogP contribution in [0.5, 0.6) is 0 Å². The number of hydrogen-bond acceptors (Lipinski definition) is 3. The third kappa shape index (κ3) is 5.16. The number of amides is 2. The third-order valence-corrected chi connectivity index (χ3v) is 4.01. The quantitative estimate of drug-likeness (QED) is 0.796. The fourth-order valence-electron chi connectivity index (χ4n) is 2.33. The van der Waals surface area contributed by atoms with Crippen LogP contribution in [0.25, 0.3) is 0 Å². The fraction of sp³-hybridized carbons (Fsp3) is 0.211. The Labute approximate surface area is 151 Å². The second kappa shape index (κ2) is 8.44. The van der Waals surface area contributed by atoms with Crippen molar-refractivity contribution in [2.45, 2.75) is 20.3 Å². The van der Waals surface area contributed by atoms with Gasteiger partial charge in [0.15, 0.2) is 5.78 Å². The van der Waals surface area contributed by atoms with E-state index in [1.807, 2.05) is 0 Å². The smallest absolute Gasteiger partial charge is 0.226 e. The van der Waals surface area contributed by atoms with Crippen molar-refractivity contribution in [1.82, 2.24) is 0 Å². The van der Waals surface area contributed by atoms with Gasteiger partial charge < -0.3 is 10.2 Å². The number of rotatable bonds is 6. The summed E-state index contributed by atoms with van der Waals surface area (Å²) in [7, 11) is 0. The zero-order chi connectivity index (χ0) is 18.4. The number of nitrogens with one attached hydrogen (secondary N) is 1. The van der Waals surface area contributed by atoms with Crippen LogP contribution < -0.4 is 10.2 Å². The topological polar surface area (TPSA) is 66.5 Å². The van der Waals surface area contributed by atoms with Crippen LogP contribution in [-0.2, 0) is 9.59 Å². The first-order valence-corrected chi connectivity index (χ1v) is 8.20. The van der Waals surface area contributed by atoms with Gasteiger partial charge in [0.2, 0.25) is 11.8 Å². The molecule has 130 valence electrons. The van der Waals surface area contributed by atoms with E-state index in [1.54, 1.807) is 48.5 Å². The highest BCUT2D eigenvalue weighted by atomic mass is 35.5. The van der Waals surface area contributed by atoms with E-state index in [4.69, 9.17) is 11.6 Å². The summed E-state index contributed by atoms with van der Waals surface area (Å²) >= 11 is 6.01. The van der Waals surface area contributed by atoms with Gasteiger partial charge in [-0.3, -0.25) is 14.4 Å². The molecule has 2 amide bonds. The molecule has 0 fully saturated rings. The number of para-hydroxylation sites is 1. The molecule has 2 aromatic carbocycles. The number of anilines is 2. The Hall–Kier alpha value is -2.66. The third-order valence-electron chi connectivity index (χ3n) is 3.68. The summed E-state index contributed by atoms with van der Waals surface area (Å²) in [5, 5.41) is 3.18. The molecule has 25 heavy (non-hydrogen) atoms. The van der Waals surface area contributed by atoms with Gasteiger partial charge in [-0.05, 0) is 43.3 Å². The summed E-state index contributed by atoms with van der Waals surface area (Å²) in [4.78, 5) is 36.8. The molecular weight excluding hydrogens is 340 g/mol. The summed E-state index contributed by atoms with van der Waals surface area (Å²) in [5.41, 5.74) is 1.75. The Morgan fingerprint density at radius 2 is 1.64 bits per heavy atom. The van der Waals surface area contributed by atoms with Crippen molar-refractivity contribution >= 4 is 40.6 Å². The molecule has 0 saturated heterocycles. The van der Waals surface area contributed by atoms with E-state index in [2.05, 4.69) is 5.32 Å². The average Bonchev–Trinajstić information content (AvgIpc) is 2.57. The van der Waals surface area contributed by atoms with Crippen LogP contribution in [0.4, 0.5) is 11.4 Å². The maximum Gasteiger partial charge on any atom is 0.226 e. The largest absolute Gasteiger partial charge is 0.325 e. The van der Waals surface area contributed by atoms with Crippen molar-refractivity contribution in [2.24, 2.45) is 0 Å². The van der Waals surface area contributed by atoms with E-state index >= 15 is 0 Å². The first-order valence-electron chi connectivity index (χ1n) is 7.82. The van der Waals surface area contributed by atoms with E-state index in [0.29, 0.717) is 22.0 Å². The summed E-state index contributed by atoms with van der Waals surface area (Å²) in [5.74, 6) is -0.458. The monoisotopic (exact) mass is 358 g/mol. The summed E-state index contributed by atoms with van der Waals surface area (Å²) in [6, 6.07) is 13.7. The number of carbonyl (C=O) groups is 3. The van der Waals surface area contributed by atoms with E-state index < -0.39 is 0 Å². The number of halogens is 1. The van der Waals surface area contributed by atoms with E-state index in [0.717, 1.165) is 0 Å². The van der Waals surface area contributed by atoms with Crippen LogP contribution in [-0.4, -0.2) is 24.1 Å². The van der Waals surface area contributed by atoms with E-state index in [1.165, 1.54) is 18.7 Å². The van der Waals surface area contributed by atoms with Gasteiger partial charge in [-0.25, -0.2) is 0 Å². The minimum Gasteiger partial charge on any atom is -0.325 e. The fourth-order valence-corrected chi connectivity index (χ4v) is 2.52. The van der Waals surface area contributed by atoms with Gasteiger partial charge in [0.05, 0.1) is 10.7 Å². The van der Waals surface area contributed by atoms with Crippen LogP contribution in [0, 0.1) is 0 Å². The van der Waals surface area contributed by atoms with Crippen molar-refractivity contribution in [3.8, 4) is 0 Å². The van der Waals surface area contributed by atoms with Crippen LogP contribution in [0.2, 0.25) is 5.02 Å². The molecule has 0 aliphatic rings. The van der Waals surface area contributed by atoms with Crippen molar-refractivity contribution in [3.63, 3.8) is 0 Å². The Morgan fingerprint density at radius 1 is 1.00 bits per heavy atom. The summed E-state index contributed by atoms with van der Waals surface area (Å²) < 4.78 is 0. The van der Waals surface area contributed by atoms with Gasteiger partial charge in [-0.1, -0.05) is 23.7 Å². The normalized spacial score (nSPS) is 10.2. The second-order valence-corrected chi connectivity index (χ2v) is 5.96. The highest BCUT2D eigenvalue weighted by Gasteiger charge is 2.14. The minimum atomic E-state index is -0.236. The highest BCUT2D eigenvalue weighted by Crippen LogP contribution is 2.21. The Kier molecular flexibility index (Phi) is 6.31. The number of nitrogens with zero attached hydrogens (tertiary/aromatic N) is 1. The molecule has 2 aromatic rings. The van der Waals surface area contributed by atoms with Gasteiger partial charge in [0.1, 0.15) is 0 Å². The average molecular weight is 359 g/mol. The first kappa shape index (κ1) is 18.7. The minimum absolute atomic E-state index is 0.0416. The van der Waals surface area contributed by atoms with Crippen LogP contribution in [0.15, 0.2) is 48.5 Å². The van der Waals surface area contributed by atoms with Gasteiger partial charge in [0.25, 0.3) is 0 Å². The Morgan fingerprint density at radius 3 is 2.20 bits per heavy atom. The standard InChI is InChI=1S/C19H19ClN2O3/c1-13(23)15-7-9-16(10-8-15)22(14(2)24)12-11-19(25)21-18-6-4-3-5-17(18)20/h3-10H,11-12H2,1-2H3,(H,21,25). The zero-order valence-electron chi connectivity index (χ0n) is 14.1. The number of benzene rings is 2. The molecule has 0 radical (unpaired) electrons. The number of Topliss-reactive ketones (excluding diaryl/α,β-unsaturated/α-hetero) is 1. The summed E-state index contributed by atoms with van der Waals surface area (Å²) in [6.45, 7) is 3.15. The molecule has 0 aliphatic carbocycles. The van der Waals surface area contributed by atoms with Crippen molar-refractivity contribution < 1.29 is 14.4 Å². The van der Waals surface area contributed by atoms with Gasteiger partial charge in [-0.2, -0.15) is 0 Å². The molecule has 5 nitrogen and oxygen atoms in total. The van der Waals surface area contributed by atoms with Gasteiger partial charge >= 0.3 is 0 Å². The van der Waals surface area contributed by atoms with Crippen LogP contribution in [0.1, 0.15) is 30.6 Å². The number of ketones is 1. The molecule has 2 rings (SSSR count). The zero-order valence-corrected chi connectivity index (χ0v) is 14.8. The molecule has 1 N–H and O–H groups in total. The Bertz CT molecular complexity index is 788. The molecule has 0 atom stereocenters. The predicted molar refractivity (Wildman–Crippen MR) is 99.2 cm³/mol. The number of carbonyl (C=O) groups excluding carboxylic acids is 3. The molecule has 0 bridgehead atoms. The van der Waals surface area contributed by atoms with Crippen LogP contribution in [0.3, 0.4) is 0 Å². The van der Waals surface area contributed by atoms with E-state index in [-0.39, 0.29) is 30.6 Å².